The first kappa shape index (κ1) is 17.8. The number of carbonyl (C=O) groups excluding carboxylic acids is 1. The Labute approximate surface area is 147 Å². The maximum atomic E-state index is 12.4. The average Bonchev–Trinajstić information content (AvgIpc) is 2.51. The highest BCUT2D eigenvalue weighted by atomic mass is 35.5. The van der Waals surface area contributed by atoms with E-state index in [-0.39, 0.29) is 18.4 Å². The SMILES string of the molecule is CN(C)C[C@H](NC(=O)Cc1ccc(Cl)c(Cl)c1)c1ccccc1. The zero-order valence-corrected chi connectivity index (χ0v) is 14.7. The second kappa shape index (κ2) is 8.34. The highest BCUT2D eigenvalue weighted by Gasteiger charge is 2.16. The third kappa shape index (κ3) is 5.54. The summed E-state index contributed by atoms with van der Waals surface area (Å²) in [6.07, 6.45) is 0.271. The summed E-state index contributed by atoms with van der Waals surface area (Å²) < 4.78 is 0. The number of nitrogens with zero attached hydrogens (tertiary/aromatic N) is 1. The van der Waals surface area contributed by atoms with E-state index in [1.165, 1.54) is 0 Å². The van der Waals surface area contributed by atoms with E-state index in [9.17, 15) is 4.79 Å². The van der Waals surface area contributed by atoms with Gasteiger partial charge in [-0.15, -0.1) is 0 Å². The summed E-state index contributed by atoms with van der Waals surface area (Å²) in [7, 11) is 3.97. The summed E-state index contributed by atoms with van der Waals surface area (Å²) in [5, 5.41) is 4.04. The molecule has 2 aromatic rings. The maximum Gasteiger partial charge on any atom is 0.224 e. The van der Waals surface area contributed by atoms with Crippen LogP contribution in [0.25, 0.3) is 0 Å². The Kier molecular flexibility index (Phi) is 6.46. The van der Waals surface area contributed by atoms with E-state index in [2.05, 4.69) is 10.2 Å². The topological polar surface area (TPSA) is 32.3 Å². The van der Waals surface area contributed by atoms with Gasteiger partial charge in [0.15, 0.2) is 0 Å². The molecule has 0 bridgehead atoms. The van der Waals surface area contributed by atoms with Crippen molar-refractivity contribution in [3.05, 3.63) is 69.7 Å². The minimum absolute atomic E-state index is 0.0425. The lowest BCUT2D eigenvalue weighted by molar-refractivity contribution is -0.121. The van der Waals surface area contributed by atoms with Crippen LogP contribution < -0.4 is 5.32 Å². The van der Waals surface area contributed by atoms with Crippen molar-refractivity contribution >= 4 is 29.1 Å². The quantitative estimate of drug-likeness (QED) is 0.855. The molecule has 0 radical (unpaired) electrons. The first-order valence-corrected chi connectivity index (χ1v) is 8.14. The molecule has 0 aliphatic carbocycles. The Balaban J connectivity index is 2.06. The van der Waals surface area contributed by atoms with Gasteiger partial charge in [0.05, 0.1) is 22.5 Å². The van der Waals surface area contributed by atoms with Crippen LogP contribution in [-0.4, -0.2) is 31.4 Å². The molecule has 0 aromatic heterocycles. The van der Waals surface area contributed by atoms with E-state index < -0.39 is 0 Å². The van der Waals surface area contributed by atoms with Gasteiger partial charge in [-0.1, -0.05) is 59.6 Å². The van der Waals surface area contributed by atoms with Gasteiger partial charge in [0, 0.05) is 6.54 Å². The summed E-state index contributed by atoms with van der Waals surface area (Å²) >= 11 is 11.9. The molecule has 2 aromatic carbocycles. The Morgan fingerprint density at radius 2 is 1.78 bits per heavy atom. The summed E-state index contributed by atoms with van der Waals surface area (Å²) in [4.78, 5) is 14.4. The van der Waals surface area contributed by atoms with Crippen LogP contribution in [0.1, 0.15) is 17.2 Å². The molecule has 0 heterocycles. The highest BCUT2D eigenvalue weighted by Crippen LogP contribution is 2.23. The molecule has 0 saturated heterocycles. The van der Waals surface area contributed by atoms with Gasteiger partial charge in [-0.25, -0.2) is 0 Å². The van der Waals surface area contributed by atoms with Crippen LogP contribution in [-0.2, 0) is 11.2 Å². The van der Waals surface area contributed by atoms with Crippen molar-refractivity contribution in [1.29, 1.82) is 0 Å². The van der Waals surface area contributed by atoms with Crippen LogP contribution in [0.15, 0.2) is 48.5 Å². The van der Waals surface area contributed by atoms with Gasteiger partial charge < -0.3 is 10.2 Å². The number of hydrogen-bond acceptors (Lipinski definition) is 2. The Hall–Kier alpha value is -1.55. The average molecular weight is 351 g/mol. The van der Waals surface area contributed by atoms with Crippen molar-refractivity contribution in [2.75, 3.05) is 20.6 Å². The lowest BCUT2D eigenvalue weighted by Crippen LogP contribution is -2.36. The lowest BCUT2D eigenvalue weighted by atomic mass is 10.1. The Bertz CT molecular complexity index is 659. The summed E-state index contributed by atoms with van der Waals surface area (Å²) in [5.74, 6) is -0.0425. The predicted molar refractivity (Wildman–Crippen MR) is 96.0 cm³/mol. The van der Waals surface area contributed by atoms with E-state index >= 15 is 0 Å². The largest absolute Gasteiger partial charge is 0.348 e. The predicted octanol–water partition coefficient (Wildman–Crippen LogP) is 3.96. The molecular formula is C18H20Cl2N2O. The minimum Gasteiger partial charge on any atom is -0.348 e. The van der Waals surface area contributed by atoms with Crippen LogP contribution in [0.2, 0.25) is 10.0 Å². The normalized spacial score (nSPS) is 12.2. The molecule has 23 heavy (non-hydrogen) atoms. The molecule has 1 atom stereocenters. The standard InChI is InChI=1S/C18H20Cl2N2O/c1-22(2)12-17(14-6-4-3-5-7-14)21-18(23)11-13-8-9-15(19)16(20)10-13/h3-10,17H,11-12H2,1-2H3,(H,21,23)/t17-/m0/s1. The first-order chi connectivity index (χ1) is 11.0. The van der Waals surface area contributed by atoms with Crippen molar-refractivity contribution in [1.82, 2.24) is 10.2 Å². The fourth-order valence-electron chi connectivity index (χ4n) is 2.37. The summed E-state index contributed by atoms with van der Waals surface area (Å²) in [6, 6.07) is 15.2. The molecule has 0 aliphatic heterocycles. The smallest absolute Gasteiger partial charge is 0.224 e. The van der Waals surface area contributed by atoms with Crippen LogP contribution in [0, 0.1) is 0 Å². The second-order valence-corrected chi connectivity index (χ2v) is 6.53. The fraction of sp³-hybridized carbons (Fsp3) is 0.278. The van der Waals surface area contributed by atoms with Gasteiger partial charge in [0.25, 0.3) is 0 Å². The molecule has 0 unspecified atom stereocenters. The van der Waals surface area contributed by atoms with Gasteiger partial charge in [0.1, 0.15) is 0 Å². The lowest BCUT2D eigenvalue weighted by Gasteiger charge is -2.23. The van der Waals surface area contributed by atoms with Crippen molar-refractivity contribution in [3.63, 3.8) is 0 Å². The number of carbonyl (C=O) groups is 1. The number of benzene rings is 2. The van der Waals surface area contributed by atoms with E-state index in [1.54, 1.807) is 12.1 Å². The molecule has 3 nitrogen and oxygen atoms in total. The third-order valence-electron chi connectivity index (χ3n) is 3.43. The number of likely N-dealkylation sites (N-methyl/N-ethyl adjacent to an activating group) is 1. The molecule has 0 aliphatic rings. The van der Waals surface area contributed by atoms with Gasteiger partial charge in [-0.2, -0.15) is 0 Å². The van der Waals surface area contributed by atoms with Crippen LogP contribution >= 0.6 is 23.2 Å². The van der Waals surface area contributed by atoms with Crippen LogP contribution in [0.5, 0.6) is 0 Å². The fourth-order valence-corrected chi connectivity index (χ4v) is 2.69. The van der Waals surface area contributed by atoms with E-state index in [1.807, 2.05) is 50.5 Å². The molecule has 5 heteroatoms. The van der Waals surface area contributed by atoms with Gasteiger partial charge in [-0.3, -0.25) is 4.79 Å². The molecule has 1 N–H and O–H groups in total. The zero-order valence-electron chi connectivity index (χ0n) is 13.2. The van der Waals surface area contributed by atoms with Crippen molar-refractivity contribution in [2.45, 2.75) is 12.5 Å². The molecule has 1 amide bonds. The maximum absolute atomic E-state index is 12.4. The number of nitrogens with one attached hydrogen (secondary N) is 1. The summed E-state index contributed by atoms with van der Waals surface area (Å²) in [5.41, 5.74) is 1.93. The number of hydrogen-bond donors (Lipinski definition) is 1. The van der Waals surface area contributed by atoms with Gasteiger partial charge in [-0.05, 0) is 37.4 Å². The van der Waals surface area contributed by atoms with E-state index in [4.69, 9.17) is 23.2 Å². The van der Waals surface area contributed by atoms with Crippen molar-refractivity contribution in [2.24, 2.45) is 0 Å². The minimum atomic E-state index is -0.0542. The van der Waals surface area contributed by atoms with Crippen LogP contribution in [0.4, 0.5) is 0 Å². The van der Waals surface area contributed by atoms with Gasteiger partial charge in [0.2, 0.25) is 5.91 Å². The summed E-state index contributed by atoms with van der Waals surface area (Å²) in [6.45, 7) is 0.733. The zero-order chi connectivity index (χ0) is 16.8. The molecule has 0 saturated carbocycles. The molecule has 0 fully saturated rings. The van der Waals surface area contributed by atoms with Crippen molar-refractivity contribution < 1.29 is 4.79 Å². The van der Waals surface area contributed by atoms with Crippen LogP contribution in [0.3, 0.4) is 0 Å². The molecule has 0 spiro atoms. The molecule has 122 valence electrons. The first-order valence-electron chi connectivity index (χ1n) is 7.38. The third-order valence-corrected chi connectivity index (χ3v) is 4.17. The Morgan fingerprint density at radius 1 is 1.09 bits per heavy atom. The monoisotopic (exact) mass is 350 g/mol. The molecular weight excluding hydrogens is 331 g/mol. The van der Waals surface area contributed by atoms with E-state index in [0.717, 1.165) is 17.7 Å². The number of rotatable bonds is 6. The number of halogens is 2. The van der Waals surface area contributed by atoms with Gasteiger partial charge >= 0.3 is 0 Å². The highest BCUT2D eigenvalue weighted by molar-refractivity contribution is 6.42. The number of amides is 1. The molecule has 2 rings (SSSR count). The second-order valence-electron chi connectivity index (χ2n) is 5.72. The van der Waals surface area contributed by atoms with E-state index in [0.29, 0.717) is 10.0 Å². The van der Waals surface area contributed by atoms with Crippen molar-refractivity contribution in [3.8, 4) is 0 Å². The Morgan fingerprint density at radius 3 is 2.39 bits per heavy atom.